The van der Waals surface area contributed by atoms with Gasteiger partial charge in [-0.3, -0.25) is 19.3 Å². The molecule has 3 amide bonds. The largest absolute Gasteiger partial charge is 0.354 e. The first-order chi connectivity index (χ1) is 9.32. The molecular formula is C15H18N2O3. The van der Waals surface area contributed by atoms with Crippen molar-refractivity contribution in [2.24, 2.45) is 5.41 Å². The number of imide groups is 1. The lowest BCUT2D eigenvalue weighted by Crippen LogP contribution is -2.41. The Kier molecular flexibility index (Phi) is 3.61. The minimum absolute atomic E-state index is 0.103. The Morgan fingerprint density at radius 1 is 1.10 bits per heavy atom. The molecule has 0 atom stereocenters. The number of rotatable bonds is 3. The van der Waals surface area contributed by atoms with Gasteiger partial charge in [-0.05, 0) is 12.1 Å². The molecule has 0 bridgehead atoms. The molecular weight excluding hydrogens is 256 g/mol. The van der Waals surface area contributed by atoms with Crippen LogP contribution in [0.25, 0.3) is 0 Å². The van der Waals surface area contributed by atoms with E-state index in [1.54, 1.807) is 24.3 Å². The number of carbonyl (C=O) groups is 3. The molecule has 0 radical (unpaired) electrons. The van der Waals surface area contributed by atoms with Crippen LogP contribution in [0, 0.1) is 5.41 Å². The summed E-state index contributed by atoms with van der Waals surface area (Å²) in [5.41, 5.74) is 0.376. The molecule has 0 fully saturated rings. The third-order valence-corrected chi connectivity index (χ3v) is 3.18. The minimum Gasteiger partial charge on any atom is -0.354 e. The van der Waals surface area contributed by atoms with Crippen molar-refractivity contribution in [1.29, 1.82) is 0 Å². The monoisotopic (exact) mass is 274 g/mol. The van der Waals surface area contributed by atoms with Crippen molar-refractivity contribution in [1.82, 2.24) is 10.2 Å². The number of amides is 3. The summed E-state index contributed by atoms with van der Waals surface area (Å²) in [5.74, 6) is -0.694. The Bertz CT molecular complexity index is 538. The van der Waals surface area contributed by atoms with Gasteiger partial charge >= 0.3 is 0 Å². The number of fused-ring (bicyclic) bond motifs is 1. The molecule has 0 saturated heterocycles. The van der Waals surface area contributed by atoms with Gasteiger partial charge < -0.3 is 5.32 Å². The molecule has 106 valence electrons. The highest BCUT2D eigenvalue weighted by Gasteiger charge is 2.34. The topological polar surface area (TPSA) is 66.5 Å². The first-order valence-electron chi connectivity index (χ1n) is 6.56. The van der Waals surface area contributed by atoms with Gasteiger partial charge in [0.15, 0.2) is 0 Å². The van der Waals surface area contributed by atoms with Crippen LogP contribution in [0.2, 0.25) is 0 Å². The summed E-state index contributed by atoms with van der Waals surface area (Å²) < 4.78 is 0. The van der Waals surface area contributed by atoms with Gasteiger partial charge in [0, 0.05) is 18.5 Å². The summed E-state index contributed by atoms with van der Waals surface area (Å²) in [7, 11) is 0. The molecule has 0 aromatic heterocycles. The summed E-state index contributed by atoms with van der Waals surface area (Å²) in [6, 6.07) is 6.75. The van der Waals surface area contributed by atoms with Crippen LogP contribution < -0.4 is 5.32 Å². The van der Waals surface area contributed by atoms with E-state index in [2.05, 4.69) is 5.32 Å². The van der Waals surface area contributed by atoms with Crippen LogP contribution in [0.15, 0.2) is 24.3 Å². The van der Waals surface area contributed by atoms with E-state index in [1.165, 1.54) is 4.90 Å². The molecule has 2 rings (SSSR count). The maximum Gasteiger partial charge on any atom is 0.261 e. The van der Waals surface area contributed by atoms with E-state index in [0.29, 0.717) is 11.1 Å². The number of hydrogen-bond donors (Lipinski definition) is 1. The van der Waals surface area contributed by atoms with Crippen LogP contribution in [-0.2, 0) is 4.79 Å². The van der Waals surface area contributed by atoms with Gasteiger partial charge in [-0.2, -0.15) is 0 Å². The molecule has 5 heteroatoms. The highest BCUT2D eigenvalue weighted by Crippen LogP contribution is 2.21. The number of benzene rings is 1. The zero-order valence-electron chi connectivity index (χ0n) is 11.9. The van der Waals surface area contributed by atoms with Crippen LogP contribution in [0.3, 0.4) is 0 Å². The molecule has 5 nitrogen and oxygen atoms in total. The predicted octanol–water partition coefficient (Wildman–Crippen LogP) is 1.44. The van der Waals surface area contributed by atoms with Gasteiger partial charge in [0.25, 0.3) is 11.8 Å². The fourth-order valence-corrected chi connectivity index (χ4v) is 1.99. The van der Waals surface area contributed by atoms with Crippen molar-refractivity contribution in [3.05, 3.63) is 35.4 Å². The van der Waals surface area contributed by atoms with Gasteiger partial charge in [-0.1, -0.05) is 32.9 Å². The summed E-state index contributed by atoms with van der Waals surface area (Å²) in [6.45, 7) is 5.88. The molecule has 1 aliphatic rings. The average Bonchev–Trinajstić information content (AvgIpc) is 2.63. The van der Waals surface area contributed by atoms with E-state index in [4.69, 9.17) is 0 Å². The highest BCUT2D eigenvalue weighted by atomic mass is 16.2. The number of nitrogens with zero attached hydrogens (tertiary/aromatic N) is 1. The number of hydrogen-bond acceptors (Lipinski definition) is 3. The molecule has 1 aromatic carbocycles. The first-order valence-corrected chi connectivity index (χ1v) is 6.56. The summed E-state index contributed by atoms with van der Waals surface area (Å²) in [4.78, 5) is 37.0. The minimum atomic E-state index is -0.484. The van der Waals surface area contributed by atoms with Crippen LogP contribution in [-0.4, -0.2) is 35.7 Å². The van der Waals surface area contributed by atoms with Crippen molar-refractivity contribution in [2.75, 3.05) is 13.1 Å². The van der Waals surface area contributed by atoms with Crippen molar-refractivity contribution < 1.29 is 14.4 Å². The Morgan fingerprint density at radius 2 is 1.60 bits per heavy atom. The smallest absolute Gasteiger partial charge is 0.261 e. The van der Waals surface area contributed by atoms with E-state index >= 15 is 0 Å². The van der Waals surface area contributed by atoms with Crippen LogP contribution in [0.1, 0.15) is 41.5 Å². The van der Waals surface area contributed by atoms with E-state index < -0.39 is 5.41 Å². The van der Waals surface area contributed by atoms with E-state index in [0.717, 1.165) is 0 Å². The fourth-order valence-electron chi connectivity index (χ4n) is 1.99. The summed E-state index contributed by atoms with van der Waals surface area (Å²) >= 11 is 0. The molecule has 1 aliphatic heterocycles. The Balaban J connectivity index is 1.98. The number of carbonyl (C=O) groups excluding carboxylic acids is 3. The molecule has 1 aromatic rings. The molecule has 0 spiro atoms. The van der Waals surface area contributed by atoms with Crippen molar-refractivity contribution in [3.8, 4) is 0 Å². The first kappa shape index (κ1) is 14.2. The van der Waals surface area contributed by atoms with Crippen LogP contribution >= 0.6 is 0 Å². The third kappa shape index (κ3) is 2.57. The zero-order chi connectivity index (χ0) is 14.9. The second-order valence-corrected chi connectivity index (χ2v) is 5.81. The molecule has 20 heavy (non-hydrogen) atoms. The zero-order valence-corrected chi connectivity index (χ0v) is 11.9. The van der Waals surface area contributed by atoms with Crippen LogP contribution in [0.5, 0.6) is 0 Å². The van der Waals surface area contributed by atoms with Gasteiger partial charge in [-0.25, -0.2) is 0 Å². The highest BCUT2D eigenvalue weighted by molar-refractivity contribution is 6.21. The Hall–Kier alpha value is -2.17. The second-order valence-electron chi connectivity index (χ2n) is 5.81. The van der Waals surface area contributed by atoms with E-state index in [-0.39, 0.29) is 30.8 Å². The maximum atomic E-state index is 12.1. The lowest BCUT2D eigenvalue weighted by molar-refractivity contribution is -0.128. The standard InChI is InChI=1S/C15H18N2O3/c1-15(2,3)14(20)16-8-9-17-12(18)10-6-4-5-7-11(10)13(17)19/h4-7H,8-9H2,1-3H3,(H,16,20). The van der Waals surface area contributed by atoms with Gasteiger partial charge in [0.2, 0.25) is 5.91 Å². The van der Waals surface area contributed by atoms with Crippen molar-refractivity contribution in [2.45, 2.75) is 20.8 Å². The van der Waals surface area contributed by atoms with E-state index in [1.807, 2.05) is 20.8 Å². The maximum absolute atomic E-state index is 12.1. The van der Waals surface area contributed by atoms with Gasteiger partial charge in [0.05, 0.1) is 11.1 Å². The van der Waals surface area contributed by atoms with Crippen molar-refractivity contribution >= 4 is 17.7 Å². The molecule has 0 saturated carbocycles. The van der Waals surface area contributed by atoms with Gasteiger partial charge in [-0.15, -0.1) is 0 Å². The third-order valence-electron chi connectivity index (χ3n) is 3.18. The van der Waals surface area contributed by atoms with Gasteiger partial charge in [0.1, 0.15) is 0 Å². The fraction of sp³-hybridized carbons (Fsp3) is 0.400. The lowest BCUT2D eigenvalue weighted by Gasteiger charge is -2.19. The molecule has 0 aliphatic carbocycles. The lowest BCUT2D eigenvalue weighted by atomic mass is 9.96. The normalized spacial score (nSPS) is 14.4. The number of nitrogens with one attached hydrogen (secondary N) is 1. The summed E-state index contributed by atoms with van der Waals surface area (Å²) in [5, 5.41) is 2.73. The van der Waals surface area contributed by atoms with Crippen LogP contribution in [0.4, 0.5) is 0 Å². The molecule has 0 unspecified atom stereocenters. The van der Waals surface area contributed by atoms with E-state index in [9.17, 15) is 14.4 Å². The Morgan fingerprint density at radius 3 is 2.05 bits per heavy atom. The quantitative estimate of drug-likeness (QED) is 0.848. The predicted molar refractivity (Wildman–Crippen MR) is 74.3 cm³/mol. The SMILES string of the molecule is CC(C)(C)C(=O)NCCN1C(=O)c2ccccc2C1=O. The average molecular weight is 274 g/mol. The second kappa shape index (κ2) is 5.07. The Labute approximate surface area is 118 Å². The van der Waals surface area contributed by atoms with Crippen molar-refractivity contribution in [3.63, 3.8) is 0 Å². The summed E-state index contributed by atoms with van der Waals surface area (Å²) in [6.07, 6.45) is 0. The molecule has 1 heterocycles. The molecule has 1 N–H and O–H groups in total.